The largest absolute Gasteiger partial charge is 0.193 e. The predicted octanol–water partition coefficient (Wildman–Crippen LogP) is 2.42. The summed E-state index contributed by atoms with van der Waals surface area (Å²) in [6, 6.07) is 2.11. The van der Waals surface area contributed by atoms with Gasteiger partial charge in [0, 0.05) is 12.0 Å². The average Bonchev–Trinajstić information content (AvgIpc) is 2.24. The van der Waals surface area contributed by atoms with Crippen molar-refractivity contribution in [1.29, 1.82) is 5.26 Å². The third-order valence-corrected chi connectivity index (χ3v) is 2.73. The summed E-state index contributed by atoms with van der Waals surface area (Å²) in [5.74, 6) is 1.48. The molecular formula is C10H11N. The molecule has 0 saturated heterocycles. The summed E-state index contributed by atoms with van der Waals surface area (Å²) in [7, 11) is 0. The molecule has 0 spiro atoms. The number of nitriles is 1. The first-order valence-electron chi connectivity index (χ1n) is 4.07. The lowest BCUT2D eigenvalue weighted by atomic mass is 9.71. The fourth-order valence-corrected chi connectivity index (χ4v) is 2.18. The van der Waals surface area contributed by atoms with Crippen molar-refractivity contribution in [2.24, 2.45) is 11.8 Å². The quantitative estimate of drug-likeness (QED) is 0.379. The van der Waals surface area contributed by atoms with Crippen LogP contribution in [0.2, 0.25) is 0 Å². The Kier molecular flexibility index (Phi) is 1.35. The van der Waals surface area contributed by atoms with E-state index >= 15 is 0 Å². The lowest BCUT2D eigenvalue weighted by Gasteiger charge is -2.33. The van der Waals surface area contributed by atoms with E-state index in [0.29, 0.717) is 5.92 Å². The van der Waals surface area contributed by atoms with Gasteiger partial charge in [0.25, 0.3) is 0 Å². The second-order valence-electron chi connectivity index (χ2n) is 3.56. The minimum Gasteiger partial charge on any atom is -0.193 e. The summed E-state index contributed by atoms with van der Waals surface area (Å²) in [6.45, 7) is 2.18. The summed E-state index contributed by atoms with van der Waals surface area (Å²) in [5.41, 5.74) is 2.84. The van der Waals surface area contributed by atoms with Gasteiger partial charge in [-0.1, -0.05) is 17.2 Å². The van der Waals surface area contributed by atoms with Gasteiger partial charge in [0.1, 0.15) is 0 Å². The van der Waals surface area contributed by atoms with E-state index in [1.54, 1.807) is 6.08 Å². The molecule has 0 bridgehead atoms. The second-order valence-corrected chi connectivity index (χ2v) is 3.56. The maximum absolute atomic E-state index is 8.44. The zero-order valence-electron chi connectivity index (χ0n) is 6.67. The smallest absolute Gasteiger partial charge is 0.0911 e. The molecule has 0 aliphatic heterocycles. The molecule has 0 aromatic rings. The molecule has 1 fully saturated rings. The Labute approximate surface area is 67.0 Å². The topological polar surface area (TPSA) is 23.8 Å². The molecule has 0 radical (unpaired) electrons. The van der Waals surface area contributed by atoms with Crippen LogP contribution in [0.3, 0.4) is 0 Å². The van der Waals surface area contributed by atoms with Crippen LogP contribution in [0, 0.1) is 23.2 Å². The fourth-order valence-electron chi connectivity index (χ4n) is 2.18. The third-order valence-electron chi connectivity index (χ3n) is 2.73. The van der Waals surface area contributed by atoms with E-state index in [-0.39, 0.29) is 0 Å². The minimum atomic E-state index is 0.634. The van der Waals surface area contributed by atoms with Crippen molar-refractivity contribution < 1.29 is 0 Å². The minimum absolute atomic E-state index is 0.634. The SMILES string of the molecule is CC1=CC2/C(=C/C#N)CC2C1. The fraction of sp³-hybridized carbons (Fsp3) is 0.500. The van der Waals surface area contributed by atoms with Crippen molar-refractivity contribution in [3.8, 4) is 6.07 Å². The van der Waals surface area contributed by atoms with Crippen molar-refractivity contribution >= 4 is 0 Å². The van der Waals surface area contributed by atoms with Gasteiger partial charge < -0.3 is 0 Å². The van der Waals surface area contributed by atoms with E-state index in [0.717, 1.165) is 12.3 Å². The van der Waals surface area contributed by atoms with Crippen molar-refractivity contribution in [2.45, 2.75) is 19.8 Å². The van der Waals surface area contributed by atoms with Gasteiger partial charge in [-0.3, -0.25) is 0 Å². The molecule has 1 heteroatoms. The summed E-state index contributed by atoms with van der Waals surface area (Å²) in [4.78, 5) is 0. The normalized spacial score (nSPS) is 37.5. The molecule has 0 amide bonds. The van der Waals surface area contributed by atoms with Gasteiger partial charge in [-0.15, -0.1) is 0 Å². The highest BCUT2D eigenvalue weighted by molar-refractivity contribution is 5.34. The maximum atomic E-state index is 8.44. The van der Waals surface area contributed by atoms with Crippen LogP contribution in [-0.4, -0.2) is 0 Å². The standard InChI is InChI=1S/C10H11N/c1-7-4-9-6-8(2-3-11)10(9)5-7/h2,5,9-10H,4,6H2,1H3/b8-2+. The Morgan fingerprint density at radius 1 is 1.64 bits per heavy atom. The zero-order chi connectivity index (χ0) is 7.84. The molecule has 1 saturated carbocycles. The highest BCUT2D eigenvalue weighted by Crippen LogP contribution is 2.49. The van der Waals surface area contributed by atoms with Crippen molar-refractivity contribution in [3.63, 3.8) is 0 Å². The van der Waals surface area contributed by atoms with Crippen LogP contribution in [-0.2, 0) is 0 Å². The first-order chi connectivity index (χ1) is 5.31. The Morgan fingerprint density at radius 2 is 2.45 bits per heavy atom. The molecule has 56 valence electrons. The molecule has 2 rings (SSSR count). The van der Waals surface area contributed by atoms with Crippen molar-refractivity contribution in [3.05, 3.63) is 23.3 Å². The Balaban J connectivity index is 2.16. The number of nitrogens with zero attached hydrogens (tertiary/aromatic N) is 1. The molecular weight excluding hydrogens is 134 g/mol. The first kappa shape index (κ1) is 6.67. The molecule has 1 nitrogen and oxygen atoms in total. The monoisotopic (exact) mass is 145 g/mol. The van der Waals surface area contributed by atoms with Crippen LogP contribution in [0.25, 0.3) is 0 Å². The van der Waals surface area contributed by atoms with Crippen LogP contribution in [0.1, 0.15) is 19.8 Å². The van der Waals surface area contributed by atoms with Crippen LogP contribution < -0.4 is 0 Å². The maximum Gasteiger partial charge on any atom is 0.0911 e. The molecule has 11 heavy (non-hydrogen) atoms. The molecule has 2 unspecified atom stereocenters. The van der Waals surface area contributed by atoms with Gasteiger partial charge in [-0.2, -0.15) is 5.26 Å². The van der Waals surface area contributed by atoms with E-state index in [2.05, 4.69) is 19.1 Å². The number of rotatable bonds is 0. The van der Waals surface area contributed by atoms with E-state index < -0.39 is 0 Å². The number of hydrogen-bond acceptors (Lipinski definition) is 1. The number of hydrogen-bond donors (Lipinski definition) is 0. The Hall–Kier alpha value is -1.03. The lowest BCUT2D eigenvalue weighted by Crippen LogP contribution is -2.23. The first-order valence-corrected chi connectivity index (χ1v) is 4.07. The second kappa shape index (κ2) is 2.23. The predicted molar refractivity (Wildman–Crippen MR) is 43.7 cm³/mol. The van der Waals surface area contributed by atoms with E-state index in [1.165, 1.54) is 17.6 Å². The summed E-state index contributed by atoms with van der Waals surface area (Å²) in [5, 5.41) is 8.44. The molecule has 2 aliphatic rings. The Bertz CT molecular complexity index is 278. The van der Waals surface area contributed by atoms with Gasteiger partial charge >= 0.3 is 0 Å². The highest BCUT2D eigenvalue weighted by Gasteiger charge is 2.37. The lowest BCUT2D eigenvalue weighted by molar-refractivity contribution is 0.355. The Morgan fingerprint density at radius 3 is 3.09 bits per heavy atom. The third kappa shape index (κ3) is 0.903. The zero-order valence-corrected chi connectivity index (χ0v) is 6.67. The van der Waals surface area contributed by atoms with E-state index in [9.17, 15) is 0 Å². The van der Waals surface area contributed by atoms with Gasteiger partial charge in [0.15, 0.2) is 0 Å². The van der Waals surface area contributed by atoms with Crippen LogP contribution in [0.4, 0.5) is 0 Å². The molecule has 0 N–H and O–H groups in total. The number of fused-ring (bicyclic) bond motifs is 1. The molecule has 2 atom stereocenters. The highest BCUT2D eigenvalue weighted by atomic mass is 14.4. The average molecular weight is 145 g/mol. The summed E-state index contributed by atoms with van der Waals surface area (Å²) < 4.78 is 0. The summed E-state index contributed by atoms with van der Waals surface area (Å²) in [6.07, 6.45) is 6.45. The van der Waals surface area contributed by atoms with E-state index in [1.807, 2.05) is 0 Å². The number of allylic oxidation sites excluding steroid dienone is 4. The molecule has 0 heterocycles. The molecule has 0 aromatic carbocycles. The van der Waals surface area contributed by atoms with Crippen LogP contribution >= 0.6 is 0 Å². The van der Waals surface area contributed by atoms with Crippen LogP contribution in [0.15, 0.2) is 23.3 Å². The van der Waals surface area contributed by atoms with Gasteiger partial charge in [0.05, 0.1) is 6.07 Å². The van der Waals surface area contributed by atoms with Crippen molar-refractivity contribution in [1.82, 2.24) is 0 Å². The van der Waals surface area contributed by atoms with Crippen molar-refractivity contribution in [2.75, 3.05) is 0 Å². The molecule has 0 aromatic heterocycles. The van der Waals surface area contributed by atoms with Gasteiger partial charge in [-0.05, 0) is 25.7 Å². The van der Waals surface area contributed by atoms with E-state index in [4.69, 9.17) is 5.26 Å². The van der Waals surface area contributed by atoms with Gasteiger partial charge in [-0.25, -0.2) is 0 Å². The summed E-state index contributed by atoms with van der Waals surface area (Å²) >= 11 is 0. The molecule has 2 aliphatic carbocycles. The van der Waals surface area contributed by atoms with Gasteiger partial charge in [0.2, 0.25) is 0 Å². The van der Waals surface area contributed by atoms with Crippen LogP contribution in [0.5, 0.6) is 0 Å².